The largest absolute Gasteiger partial charge is 0.312 e. The van der Waals surface area contributed by atoms with Gasteiger partial charge in [-0.05, 0) is 63.3 Å². The van der Waals surface area contributed by atoms with Crippen molar-refractivity contribution in [3.8, 4) is 0 Å². The van der Waals surface area contributed by atoms with Gasteiger partial charge in [-0.15, -0.1) is 0 Å². The summed E-state index contributed by atoms with van der Waals surface area (Å²) in [5.41, 5.74) is 1.43. The highest BCUT2D eigenvalue weighted by atomic mass is 19.1. The topological polar surface area (TPSA) is 12.0 Å². The van der Waals surface area contributed by atoms with Gasteiger partial charge in [-0.1, -0.05) is 37.8 Å². The Kier molecular flexibility index (Phi) is 5.20. The number of hydrogen-bond donors (Lipinski definition) is 1. The monoisotopic (exact) mass is 277 g/mol. The minimum atomic E-state index is -0.140. The molecule has 1 aliphatic carbocycles. The summed E-state index contributed by atoms with van der Waals surface area (Å²) >= 11 is 0. The van der Waals surface area contributed by atoms with Gasteiger partial charge in [0.2, 0.25) is 0 Å². The maximum atomic E-state index is 13.0. The summed E-state index contributed by atoms with van der Waals surface area (Å²) in [5.74, 6) is 1.36. The Hall–Kier alpha value is -0.890. The van der Waals surface area contributed by atoms with Crippen molar-refractivity contribution in [3.05, 3.63) is 35.6 Å². The molecule has 0 heterocycles. The van der Waals surface area contributed by atoms with Crippen LogP contribution >= 0.6 is 0 Å². The molecular weight excluding hydrogens is 249 g/mol. The Bertz CT molecular complexity index is 398. The standard InChI is InChI=1S/C18H28FN/c1-18(2,3)20-13-16(15-6-4-5-7-15)12-14-8-10-17(19)11-9-14/h8-11,15-16,20H,4-7,12-13H2,1-3H3. The molecule has 1 N–H and O–H groups in total. The molecule has 1 nitrogen and oxygen atoms in total. The van der Waals surface area contributed by atoms with Crippen LogP contribution in [0.3, 0.4) is 0 Å². The molecule has 1 aromatic carbocycles. The molecule has 1 aliphatic rings. The molecule has 1 atom stereocenters. The van der Waals surface area contributed by atoms with E-state index in [-0.39, 0.29) is 11.4 Å². The fraction of sp³-hybridized carbons (Fsp3) is 0.667. The fourth-order valence-corrected chi connectivity index (χ4v) is 3.19. The average Bonchev–Trinajstić information content (AvgIpc) is 2.89. The predicted molar refractivity (Wildman–Crippen MR) is 83.3 cm³/mol. The molecule has 1 saturated carbocycles. The lowest BCUT2D eigenvalue weighted by Gasteiger charge is -2.29. The highest BCUT2D eigenvalue weighted by Crippen LogP contribution is 2.33. The molecule has 0 bridgehead atoms. The molecule has 0 amide bonds. The van der Waals surface area contributed by atoms with Gasteiger partial charge in [0, 0.05) is 5.54 Å². The zero-order valence-corrected chi connectivity index (χ0v) is 13.1. The van der Waals surface area contributed by atoms with Gasteiger partial charge in [0.15, 0.2) is 0 Å². The number of rotatable bonds is 5. The van der Waals surface area contributed by atoms with Crippen molar-refractivity contribution < 1.29 is 4.39 Å². The van der Waals surface area contributed by atoms with Crippen LogP contribution in [0.15, 0.2) is 24.3 Å². The lowest BCUT2D eigenvalue weighted by atomic mass is 9.85. The molecule has 0 aliphatic heterocycles. The van der Waals surface area contributed by atoms with Crippen molar-refractivity contribution in [2.45, 2.75) is 58.4 Å². The summed E-state index contributed by atoms with van der Waals surface area (Å²) < 4.78 is 13.0. The van der Waals surface area contributed by atoms with Crippen molar-refractivity contribution in [1.29, 1.82) is 0 Å². The molecule has 112 valence electrons. The van der Waals surface area contributed by atoms with Gasteiger partial charge in [-0.3, -0.25) is 0 Å². The van der Waals surface area contributed by atoms with Gasteiger partial charge in [0.1, 0.15) is 5.82 Å². The highest BCUT2D eigenvalue weighted by molar-refractivity contribution is 5.17. The highest BCUT2D eigenvalue weighted by Gasteiger charge is 2.26. The molecule has 0 radical (unpaired) electrons. The van der Waals surface area contributed by atoms with Crippen LogP contribution in [0.4, 0.5) is 4.39 Å². The molecule has 0 spiro atoms. The maximum Gasteiger partial charge on any atom is 0.123 e. The summed E-state index contributed by atoms with van der Waals surface area (Å²) in [5, 5.41) is 3.66. The molecule has 20 heavy (non-hydrogen) atoms. The van der Waals surface area contributed by atoms with Crippen LogP contribution in [-0.2, 0) is 6.42 Å². The minimum Gasteiger partial charge on any atom is -0.312 e. The van der Waals surface area contributed by atoms with E-state index in [1.807, 2.05) is 12.1 Å². The molecule has 0 aromatic heterocycles. The van der Waals surface area contributed by atoms with E-state index in [1.165, 1.54) is 31.2 Å². The second kappa shape index (κ2) is 6.71. The Labute approximate surface area is 123 Å². The quantitative estimate of drug-likeness (QED) is 0.831. The zero-order chi connectivity index (χ0) is 14.6. The molecule has 2 heteroatoms. The van der Waals surface area contributed by atoms with Gasteiger partial charge >= 0.3 is 0 Å². The summed E-state index contributed by atoms with van der Waals surface area (Å²) in [6, 6.07) is 7.04. The SMILES string of the molecule is CC(C)(C)NCC(Cc1ccc(F)cc1)C1CCCC1. The maximum absolute atomic E-state index is 13.0. The van der Waals surface area contributed by atoms with E-state index in [1.54, 1.807) is 12.1 Å². The predicted octanol–water partition coefficient (Wildman–Crippen LogP) is 4.56. The van der Waals surface area contributed by atoms with Crippen LogP contribution in [0.5, 0.6) is 0 Å². The van der Waals surface area contributed by atoms with Gasteiger partial charge in [-0.25, -0.2) is 4.39 Å². The number of hydrogen-bond acceptors (Lipinski definition) is 1. The van der Waals surface area contributed by atoms with E-state index in [0.717, 1.165) is 18.9 Å². The van der Waals surface area contributed by atoms with Crippen LogP contribution in [0.1, 0.15) is 52.0 Å². The molecule has 2 rings (SSSR count). The number of benzene rings is 1. The second-order valence-electron chi connectivity index (χ2n) is 7.27. The van der Waals surface area contributed by atoms with E-state index in [9.17, 15) is 4.39 Å². The Morgan fingerprint density at radius 2 is 1.75 bits per heavy atom. The van der Waals surface area contributed by atoms with E-state index in [2.05, 4.69) is 26.1 Å². The minimum absolute atomic E-state index is 0.140. The summed E-state index contributed by atoms with van der Waals surface area (Å²) in [6.45, 7) is 7.72. The third kappa shape index (κ3) is 4.90. The molecule has 0 saturated heterocycles. The first-order valence-corrected chi connectivity index (χ1v) is 7.93. The first kappa shape index (κ1) is 15.5. The van der Waals surface area contributed by atoms with Gasteiger partial charge in [-0.2, -0.15) is 0 Å². The van der Waals surface area contributed by atoms with Gasteiger partial charge in [0.25, 0.3) is 0 Å². The van der Waals surface area contributed by atoms with Crippen LogP contribution in [0.2, 0.25) is 0 Å². The van der Waals surface area contributed by atoms with Crippen LogP contribution in [-0.4, -0.2) is 12.1 Å². The van der Waals surface area contributed by atoms with Crippen LogP contribution in [0, 0.1) is 17.7 Å². The fourth-order valence-electron chi connectivity index (χ4n) is 3.19. The van der Waals surface area contributed by atoms with Crippen molar-refractivity contribution >= 4 is 0 Å². The Balaban J connectivity index is 1.99. The van der Waals surface area contributed by atoms with E-state index >= 15 is 0 Å². The van der Waals surface area contributed by atoms with Gasteiger partial charge < -0.3 is 5.32 Å². The zero-order valence-electron chi connectivity index (χ0n) is 13.1. The van der Waals surface area contributed by atoms with Crippen LogP contribution < -0.4 is 5.32 Å². The summed E-state index contributed by atoms with van der Waals surface area (Å²) in [7, 11) is 0. The molecular formula is C18H28FN. The first-order valence-electron chi connectivity index (χ1n) is 7.93. The van der Waals surface area contributed by atoms with Gasteiger partial charge in [0.05, 0.1) is 0 Å². The third-order valence-electron chi connectivity index (χ3n) is 4.37. The second-order valence-corrected chi connectivity index (χ2v) is 7.27. The van der Waals surface area contributed by atoms with Crippen molar-refractivity contribution in [2.24, 2.45) is 11.8 Å². The molecule has 1 fully saturated rings. The third-order valence-corrected chi connectivity index (χ3v) is 4.37. The summed E-state index contributed by atoms with van der Waals surface area (Å²) in [4.78, 5) is 0. The van der Waals surface area contributed by atoms with Crippen molar-refractivity contribution in [1.82, 2.24) is 5.32 Å². The normalized spacial score (nSPS) is 18.4. The number of nitrogens with one attached hydrogen (secondary N) is 1. The van der Waals surface area contributed by atoms with E-state index in [0.29, 0.717) is 5.92 Å². The average molecular weight is 277 g/mol. The lowest BCUT2D eigenvalue weighted by molar-refractivity contribution is 0.286. The molecule has 1 aromatic rings. The van der Waals surface area contributed by atoms with Crippen molar-refractivity contribution in [2.75, 3.05) is 6.54 Å². The lowest BCUT2D eigenvalue weighted by Crippen LogP contribution is -2.41. The van der Waals surface area contributed by atoms with E-state index < -0.39 is 0 Å². The smallest absolute Gasteiger partial charge is 0.123 e. The molecule has 1 unspecified atom stereocenters. The Morgan fingerprint density at radius 1 is 1.15 bits per heavy atom. The van der Waals surface area contributed by atoms with Crippen molar-refractivity contribution in [3.63, 3.8) is 0 Å². The first-order chi connectivity index (χ1) is 9.44. The Morgan fingerprint density at radius 3 is 2.30 bits per heavy atom. The van der Waals surface area contributed by atoms with Crippen LogP contribution in [0.25, 0.3) is 0 Å². The summed E-state index contributed by atoms with van der Waals surface area (Å²) in [6.07, 6.45) is 6.53. The number of halogens is 1. The van der Waals surface area contributed by atoms with E-state index in [4.69, 9.17) is 0 Å².